The minimum Gasteiger partial charge on any atom is -0.457 e. The molecule has 0 aliphatic rings. The first-order valence-corrected chi connectivity index (χ1v) is 15.9. The summed E-state index contributed by atoms with van der Waals surface area (Å²) in [6.45, 7) is 1.97. The van der Waals surface area contributed by atoms with Crippen molar-refractivity contribution >= 4 is 44.9 Å². The van der Waals surface area contributed by atoms with Crippen LogP contribution < -0.4 is 10.6 Å². The fraction of sp³-hybridized carbons (Fsp3) is 0.0833. The Kier molecular flexibility index (Phi) is 9.20. The first kappa shape index (κ1) is 30.9. The van der Waals surface area contributed by atoms with E-state index in [-0.39, 0.29) is 28.6 Å². The maximum Gasteiger partial charge on any atom is 0.248 e. The van der Waals surface area contributed by atoms with Crippen molar-refractivity contribution in [3.8, 4) is 11.3 Å². The zero-order valence-electron chi connectivity index (χ0n) is 24.6. The highest BCUT2D eigenvalue weighted by Crippen LogP contribution is 2.26. The molecule has 1 aromatic heterocycles. The quantitative estimate of drug-likeness (QED) is 0.132. The molecule has 5 rings (SSSR count). The number of amides is 2. The van der Waals surface area contributed by atoms with Gasteiger partial charge in [0.1, 0.15) is 11.5 Å². The number of rotatable bonds is 10. The average Bonchev–Trinajstić information content (AvgIpc) is 3.51. The third-order valence-corrected chi connectivity index (χ3v) is 8.05. The van der Waals surface area contributed by atoms with Crippen LogP contribution in [0.5, 0.6) is 0 Å². The van der Waals surface area contributed by atoms with Gasteiger partial charge < -0.3 is 15.1 Å². The average molecular weight is 619 g/mol. The molecule has 9 heteroatoms. The van der Waals surface area contributed by atoms with Crippen LogP contribution in [0.1, 0.15) is 32.8 Å². The smallest absolute Gasteiger partial charge is 0.248 e. The summed E-state index contributed by atoms with van der Waals surface area (Å²) in [5, 5.41) is 5.60. The van der Waals surface area contributed by atoms with Gasteiger partial charge in [0.2, 0.25) is 11.8 Å². The van der Waals surface area contributed by atoms with Crippen molar-refractivity contribution in [3.05, 3.63) is 143 Å². The van der Waals surface area contributed by atoms with Crippen molar-refractivity contribution < 1.29 is 27.2 Å². The summed E-state index contributed by atoms with van der Waals surface area (Å²) >= 11 is 0. The van der Waals surface area contributed by atoms with Crippen LogP contribution >= 0.6 is 0 Å². The molecule has 0 aliphatic carbocycles. The van der Waals surface area contributed by atoms with Crippen molar-refractivity contribution in [1.82, 2.24) is 0 Å². The second kappa shape index (κ2) is 13.4. The zero-order valence-corrected chi connectivity index (χ0v) is 25.4. The number of carbonyl (C=O) groups excluding carboxylic acids is 3. The van der Waals surface area contributed by atoms with Gasteiger partial charge in [0.15, 0.2) is 15.6 Å². The van der Waals surface area contributed by atoms with Crippen molar-refractivity contribution in [2.24, 2.45) is 0 Å². The first-order valence-electron chi connectivity index (χ1n) is 14.0. The Balaban J connectivity index is 1.30. The van der Waals surface area contributed by atoms with Gasteiger partial charge >= 0.3 is 0 Å². The van der Waals surface area contributed by atoms with E-state index in [0.29, 0.717) is 34.0 Å². The molecule has 0 bridgehead atoms. The molecule has 2 N–H and O–H groups in total. The molecule has 0 atom stereocenters. The minimum absolute atomic E-state index is 0.142. The van der Waals surface area contributed by atoms with Gasteiger partial charge in [-0.05, 0) is 73.2 Å². The number of hydrogen-bond donors (Lipinski definition) is 2. The van der Waals surface area contributed by atoms with E-state index in [0.717, 1.165) is 17.4 Å². The summed E-state index contributed by atoms with van der Waals surface area (Å²) in [6.07, 6.45) is 4.08. The van der Waals surface area contributed by atoms with E-state index in [2.05, 4.69) is 10.6 Å². The van der Waals surface area contributed by atoms with E-state index in [1.807, 2.05) is 31.2 Å². The fourth-order valence-corrected chi connectivity index (χ4v) is 5.19. The topological polar surface area (TPSA) is 123 Å². The molecule has 5 aromatic rings. The number of ketones is 1. The number of anilines is 2. The minimum atomic E-state index is -3.31. The van der Waals surface area contributed by atoms with E-state index in [1.165, 1.54) is 30.4 Å². The highest BCUT2D eigenvalue weighted by molar-refractivity contribution is 7.90. The summed E-state index contributed by atoms with van der Waals surface area (Å²) in [5.74, 6) is -0.108. The number of nitrogens with one attached hydrogen (secondary N) is 2. The third kappa shape index (κ3) is 8.10. The molecule has 2 amide bonds. The maximum absolute atomic E-state index is 13.5. The van der Waals surface area contributed by atoms with Crippen molar-refractivity contribution in [3.63, 3.8) is 0 Å². The number of aryl methyl sites for hydroxylation is 1. The lowest BCUT2D eigenvalue weighted by Gasteiger charge is -2.13. The molecular formula is C36H30N2O6S. The Hall–Kier alpha value is -5.54. The Morgan fingerprint density at radius 3 is 2.20 bits per heavy atom. The largest absolute Gasteiger partial charge is 0.457 e. The highest BCUT2D eigenvalue weighted by atomic mass is 32.2. The second-order valence-corrected chi connectivity index (χ2v) is 12.5. The van der Waals surface area contributed by atoms with E-state index >= 15 is 0 Å². The van der Waals surface area contributed by atoms with Crippen molar-refractivity contribution in [1.29, 1.82) is 0 Å². The molecular weight excluding hydrogens is 588 g/mol. The maximum atomic E-state index is 13.5. The monoisotopic (exact) mass is 618 g/mol. The van der Waals surface area contributed by atoms with Gasteiger partial charge in [-0.3, -0.25) is 14.4 Å². The molecule has 0 unspecified atom stereocenters. The van der Waals surface area contributed by atoms with Gasteiger partial charge in [0, 0.05) is 34.7 Å². The van der Waals surface area contributed by atoms with Gasteiger partial charge in [-0.25, -0.2) is 8.42 Å². The summed E-state index contributed by atoms with van der Waals surface area (Å²) < 4.78 is 29.2. The van der Waals surface area contributed by atoms with Crippen molar-refractivity contribution in [2.75, 3.05) is 16.9 Å². The number of sulfone groups is 1. The second-order valence-electron chi connectivity index (χ2n) is 10.5. The predicted octanol–water partition coefficient (Wildman–Crippen LogP) is 6.72. The van der Waals surface area contributed by atoms with Crippen LogP contribution in [-0.4, -0.2) is 32.3 Å². The highest BCUT2D eigenvalue weighted by Gasteiger charge is 2.17. The van der Waals surface area contributed by atoms with E-state index in [1.54, 1.807) is 66.7 Å². The predicted molar refractivity (Wildman–Crippen MR) is 175 cm³/mol. The number of hydrogen-bond acceptors (Lipinski definition) is 6. The summed E-state index contributed by atoms with van der Waals surface area (Å²) in [5.41, 5.74) is 4.00. The first-order chi connectivity index (χ1) is 21.5. The molecule has 0 radical (unpaired) electrons. The molecule has 0 saturated carbocycles. The summed E-state index contributed by atoms with van der Waals surface area (Å²) in [4.78, 5) is 39.3. The van der Waals surface area contributed by atoms with E-state index in [4.69, 9.17) is 4.42 Å². The lowest BCUT2D eigenvalue weighted by atomic mass is 10.0. The van der Waals surface area contributed by atoms with Crippen molar-refractivity contribution in [2.45, 2.75) is 18.2 Å². The molecule has 45 heavy (non-hydrogen) atoms. The van der Waals surface area contributed by atoms with Gasteiger partial charge in [-0.1, -0.05) is 60.2 Å². The number of benzene rings is 4. The van der Waals surface area contributed by atoms with Gasteiger partial charge in [-0.2, -0.15) is 0 Å². The van der Waals surface area contributed by atoms with Crippen LogP contribution in [0.15, 0.2) is 125 Å². The molecule has 0 saturated heterocycles. The fourth-order valence-electron chi connectivity index (χ4n) is 4.56. The van der Waals surface area contributed by atoms with Crippen LogP contribution in [0.25, 0.3) is 17.4 Å². The number of furan rings is 1. The Labute approximate surface area is 261 Å². The molecule has 4 aromatic carbocycles. The lowest BCUT2D eigenvalue weighted by molar-refractivity contribution is -0.115. The molecule has 0 fully saturated rings. The van der Waals surface area contributed by atoms with Crippen LogP contribution in [0, 0.1) is 6.92 Å². The van der Waals surface area contributed by atoms with Gasteiger partial charge in [-0.15, -0.1) is 0 Å². The summed E-state index contributed by atoms with van der Waals surface area (Å²) in [6, 6.07) is 30.8. The summed E-state index contributed by atoms with van der Waals surface area (Å²) in [7, 11) is -3.31. The van der Waals surface area contributed by atoms with Crippen LogP contribution in [0.3, 0.4) is 0 Å². The molecule has 0 spiro atoms. The van der Waals surface area contributed by atoms with Crippen LogP contribution in [0.2, 0.25) is 0 Å². The normalized spacial score (nSPS) is 11.3. The SMILES string of the molecule is Cc1ccc(CC(=O)Nc2ccc(NC(=O)/C=C/c3ccc(-c4ccc(S(C)(=O)=O)cc4)o3)cc2C(=O)c2ccccc2)cc1. The van der Waals surface area contributed by atoms with Crippen LogP contribution in [0.4, 0.5) is 11.4 Å². The van der Waals surface area contributed by atoms with Gasteiger partial charge in [0.05, 0.1) is 17.0 Å². The number of carbonyl (C=O) groups is 3. The molecule has 226 valence electrons. The molecule has 1 heterocycles. The van der Waals surface area contributed by atoms with E-state index in [9.17, 15) is 22.8 Å². The Morgan fingerprint density at radius 1 is 0.800 bits per heavy atom. The standard InChI is InChI=1S/C36H30N2O6S/c1-24-8-10-25(11-9-24)22-35(40)38-32-19-14-28(23-31(32)36(41)27-6-4-3-5-7-27)37-34(39)21-16-29-15-20-33(44-29)26-12-17-30(18-13-26)45(2,42)43/h3-21,23H,22H2,1-2H3,(H,37,39)(H,38,40)/b21-16+. The Bertz CT molecular complexity index is 1990. The molecule has 0 aliphatic heterocycles. The van der Waals surface area contributed by atoms with E-state index < -0.39 is 15.7 Å². The molecule has 8 nitrogen and oxygen atoms in total. The van der Waals surface area contributed by atoms with Gasteiger partial charge in [0.25, 0.3) is 0 Å². The lowest BCUT2D eigenvalue weighted by Crippen LogP contribution is -2.18. The zero-order chi connectivity index (χ0) is 32.0. The third-order valence-electron chi connectivity index (χ3n) is 6.92. The Morgan fingerprint density at radius 2 is 1.51 bits per heavy atom. The van der Waals surface area contributed by atoms with Crippen LogP contribution in [-0.2, 0) is 25.8 Å².